The van der Waals surface area contributed by atoms with Crippen LogP contribution < -0.4 is 15.5 Å². The molecule has 1 amide bonds. The quantitative estimate of drug-likeness (QED) is 0.571. The van der Waals surface area contributed by atoms with Crippen LogP contribution >= 0.6 is 0 Å². The molecule has 0 saturated carbocycles. The van der Waals surface area contributed by atoms with Crippen molar-refractivity contribution >= 4 is 33.9 Å². The van der Waals surface area contributed by atoms with E-state index in [1.807, 2.05) is 19.1 Å². The Bertz CT molecular complexity index is 884. The van der Waals surface area contributed by atoms with E-state index in [1.54, 1.807) is 24.3 Å². The lowest BCUT2D eigenvalue weighted by Crippen LogP contribution is -2.05. The van der Waals surface area contributed by atoms with Crippen molar-refractivity contribution in [3.05, 3.63) is 46.6 Å². The molecule has 2 N–H and O–H groups in total. The van der Waals surface area contributed by atoms with Crippen molar-refractivity contribution in [2.24, 2.45) is 0 Å². The number of hydrogen-bond donors (Lipinski definition) is 2. The summed E-state index contributed by atoms with van der Waals surface area (Å²) >= 11 is 0. The van der Waals surface area contributed by atoms with Crippen LogP contribution in [0.4, 0.5) is 5.69 Å². The van der Waals surface area contributed by atoms with Crippen molar-refractivity contribution in [3.63, 3.8) is 0 Å². The predicted octanol–water partition coefficient (Wildman–Crippen LogP) is 2.65. The summed E-state index contributed by atoms with van der Waals surface area (Å²) in [7, 11) is 0. The zero-order valence-electron chi connectivity index (χ0n) is 11.5. The Morgan fingerprint density at radius 1 is 1.14 bits per heavy atom. The molecule has 3 rings (SSSR count). The lowest BCUT2D eigenvalue weighted by Gasteiger charge is -2.07. The van der Waals surface area contributed by atoms with Crippen LogP contribution in [0.2, 0.25) is 0 Å². The Kier molecular flexibility index (Phi) is 3.31. The molecule has 0 radical (unpaired) electrons. The maximum atomic E-state index is 12.5. The van der Waals surface area contributed by atoms with Gasteiger partial charge in [0.05, 0.1) is 17.6 Å². The van der Waals surface area contributed by atoms with Gasteiger partial charge in [-0.3, -0.25) is 9.59 Å². The lowest BCUT2D eigenvalue weighted by atomic mass is 10.1. The fourth-order valence-electron chi connectivity index (χ4n) is 2.37. The second-order valence-electron chi connectivity index (χ2n) is 4.62. The van der Waals surface area contributed by atoms with Crippen molar-refractivity contribution in [2.75, 3.05) is 11.9 Å². The summed E-state index contributed by atoms with van der Waals surface area (Å²) in [6.07, 6.45) is 0.606. The van der Waals surface area contributed by atoms with E-state index in [1.165, 1.54) is 0 Å². The number of rotatable bonds is 4. The van der Waals surface area contributed by atoms with Gasteiger partial charge in [0.1, 0.15) is 5.75 Å². The first-order valence-electron chi connectivity index (χ1n) is 6.65. The maximum absolute atomic E-state index is 12.5. The van der Waals surface area contributed by atoms with Crippen LogP contribution in [0.5, 0.6) is 5.75 Å². The monoisotopic (exact) mass is 282 g/mol. The number of fused-ring (bicyclic) bond motifs is 2. The summed E-state index contributed by atoms with van der Waals surface area (Å²) in [6.45, 7) is 2.45. The van der Waals surface area contributed by atoms with Gasteiger partial charge in [0.15, 0.2) is 5.43 Å². The Morgan fingerprint density at radius 3 is 2.76 bits per heavy atom. The highest BCUT2D eigenvalue weighted by atomic mass is 16.5. The van der Waals surface area contributed by atoms with E-state index >= 15 is 0 Å². The Morgan fingerprint density at radius 2 is 2.00 bits per heavy atom. The fourth-order valence-corrected chi connectivity index (χ4v) is 2.37. The molecule has 0 saturated heterocycles. The number of carbonyl (C=O) groups is 1. The van der Waals surface area contributed by atoms with Gasteiger partial charge in [-0.15, -0.1) is 0 Å². The molecule has 106 valence electrons. The molecule has 0 atom stereocenters. The molecule has 5 nitrogen and oxygen atoms in total. The van der Waals surface area contributed by atoms with Crippen LogP contribution in [0.1, 0.15) is 6.92 Å². The standard InChI is InChI=1S/C16H14N2O3/c1-2-21-11-4-6-14-13(8-11)16(20)12-5-3-10(17-9-19)7-15(12)18-14/h3-9H,2H2,1H3,(H,17,19)(H,18,20). The number of nitrogens with one attached hydrogen (secondary N) is 2. The first-order valence-corrected chi connectivity index (χ1v) is 6.65. The molecule has 0 spiro atoms. The molecular formula is C16H14N2O3. The van der Waals surface area contributed by atoms with Gasteiger partial charge >= 0.3 is 0 Å². The molecule has 0 unspecified atom stereocenters. The summed E-state index contributed by atoms with van der Waals surface area (Å²) < 4.78 is 5.43. The van der Waals surface area contributed by atoms with Gasteiger partial charge in [-0.2, -0.15) is 0 Å². The molecule has 21 heavy (non-hydrogen) atoms. The third-order valence-electron chi connectivity index (χ3n) is 3.31. The van der Waals surface area contributed by atoms with Crippen LogP contribution in [0.25, 0.3) is 21.8 Å². The summed E-state index contributed by atoms with van der Waals surface area (Å²) in [4.78, 5) is 26.2. The Labute approximate surface area is 120 Å². The van der Waals surface area contributed by atoms with Crippen molar-refractivity contribution in [1.82, 2.24) is 4.98 Å². The minimum Gasteiger partial charge on any atom is -0.494 e. The van der Waals surface area contributed by atoms with Gasteiger partial charge in [-0.25, -0.2) is 0 Å². The highest BCUT2D eigenvalue weighted by molar-refractivity contribution is 5.94. The number of benzene rings is 2. The molecular weight excluding hydrogens is 268 g/mol. The van der Waals surface area contributed by atoms with E-state index in [2.05, 4.69) is 10.3 Å². The number of H-pyrrole nitrogens is 1. The highest BCUT2D eigenvalue weighted by Crippen LogP contribution is 2.21. The number of ether oxygens (including phenoxy) is 1. The van der Waals surface area contributed by atoms with Crippen LogP contribution in [-0.4, -0.2) is 18.0 Å². The highest BCUT2D eigenvalue weighted by Gasteiger charge is 2.07. The van der Waals surface area contributed by atoms with Crippen molar-refractivity contribution < 1.29 is 9.53 Å². The Hall–Kier alpha value is -2.82. The normalized spacial score (nSPS) is 10.7. The molecule has 0 bridgehead atoms. The summed E-state index contributed by atoms with van der Waals surface area (Å²) in [5.41, 5.74) is 2.00. The van der Waals surface area contributed by atoms with Gasteiger partial charge in [-0.05, 0) is 43.3 Å². The molecule has 5 heteroatoms. The SMILES string of the molecule is CCOc1ccc2[nH]c3cc(NC=O)ccc3c(=O)c2c1. The first kappa shape index (κ1) is 13.2. The summed E-state index contributed by atoms with van der Waals surface area (Å²) in [5, 5.41) is 3.73. The zero-order chi connectivity index (χ0) is 14.8. The number of aromatic amines is 1. The predicted molar refractivity (Wildman–Crippen MR) is 82.9 cm³/mol. The van der Waals surface area contributed by atoms with E-state index in [4.69, 9.17) is 4.74 Å². The third kappa shape index (κ3) is 2.33. The van der Waals surface area contributed by atoms with Gasteiger partial charge in [-0.1, -0.05) is 0 Å². The average Bonchev–Trinajstić information content (AvgIpc) is 2.49. The average molecular weight is 282 g/mol. The van der Waals surface area contributed by atoms with Crippen molar-refractivity contribution in [3.8, 4) is 5.75 Å². The van der Waals surface area contributed by atoms with E-state index in [-0.39, 0.29) is 5.43 Å². The van der Waals surface area contributed by atoms with Gasteiger partial charge in [0.2, 0.25) is 6.41 Å². The molecule has 0 fully saturated rings. The smallest absolute Gasteiger partial charge is 0.211 e. The third-order valence-corrected chi connectivity index (χ3v) is 3.31. The molecule has 1 heterocycles. The molecule has 1 aromatic heterocycles. The van der Waals surface area contributed by atoms with Gasteiger partial charge in [0, 0.05) is 16.5 Å². The van der Waals surface area contributed by atoms with Crippen molar-refractivity contribution in [1.29, 1.82) is 0 Å². The largest absolute Gasteiger partial charge is 0.494 e. The van der Waals surface area contributed by atoms with Gasteiger partial charge in [0.25, 0.3) is 0 Å². The van der Waals surface area contributed by atoms with Crippen LogP contribution in [0.15, 0.2) is 41.2 Å². The number of aromatic nitrogens is 1. The fraction of sp³-hybridized carbons (Fsp3) is 0.125. The van der Waals surface area contributed by atoms with Crippen LogP contribution in [0, 0.1) is 0 Å². The molecule has 3 aromatic rings. The number of pyridine rings is 1. The number of hydrogen-bond acceptors (Lipinski definition) is 3. The van der Waals surface area contributed by atoms with Crippen LogP contribution in [0.3, 0.4) is 0 Å². The molecule has 0 aliphatic rings. The molecule has 0 aliphatic heterocycles. The molecule has 0 aliphatic carbocycles. The number of carbonyl (C=O) groups excluding carboxylic acids is 1. The van der Waals surface area contributed by atoms with E-state index in [9.17, 15) is 9.59 Å². The molecule has 2 aromatic carbocycles. The number of amides is 1. The minimum absolute atomic E-state index is 0.0574. The minimum atomic E-state index is -0.0574. The van der Waals surface area contributed by atoms with E-state index in [0.29, 0.717) is 40.7 Å². The second-order valence-corrected chi connectivity index (χ2v) is 4.62. The van der Waals surface area contributed by atoms with E-state index < -0.39 is 0 Å². The first-order chi connectivity index (χ1) is 10.2. The van der Waals surface area contributed by atoms with Crippen molar-refractivity contribution in [2.45, 2.75) is 6.92 Å². The summed E-state index contributed by atoms with van der Waals surface area (Å²) in [5.74, 6) is 0.675. The van der Waals surface area contributed by atoms with E-state index in [0.717, 1.165) is 5.52 Å². The zero-order valence-corrected chi connectivity index (χ0v) is 11.5. The maximum Gasteiger partial charge on any atom is 0.211 e. The van der Waals surface area contributed by atoms with Crippen LogP contribution in [-0.2, 0) is 4.79 Å². The van der Waals surface area contributed by atoms with Gasteiger partial charge < -0.3 is 15.0 Å². The number of anilines is 1. The second kappa shape index (κ2) is 5.28. The topological polar surface area (TPSA) is 71.2 Å². The lowest BCUT2D eigenvalue weighted by molar-refractivity contribution is -0.105. The Balaban J connectivity index is 2.26. The summed E-state index contributed by atoms with van der Waals surface area (Å²) in [6, 6.07) is 10.5.